The lowest BCUT2D eigenvalue weighted by Gasteiger charge is -2.29. The summed E-state index contributed by atoms with van der Waals surface area (Å²) < 4.78 is 39.9. The molecule has 0 aliphatic heterocycles. The minimum Gasteiger partial charge on any atom is -0.354 e. The number of amides is 2. The number of carbonyl (C=O) groups is 2. The molecule has 0 saturated heterocycles. The number of carbonyl (C=O) groups excluding carboxylic acids is 2. The summed E-state index contributed by atoms with van der Waals surface area (Å²) in [5.41, 5.74) is 1.53. The maximum absolute atomic E-state index is 13.3. The molecule has 1 unspecified atom stereocenters. The van der Waals surface area contributed by atoms with E-state index < -0.39 is 16.1 Å². The highest BCUT2D eigenvalue weighted by atomic mass is 32.2. The Bertz CT molecular complexity index is 1020. The number of aryl methyl sites for hydroxylation is 1. The number of nitrogens with zero attached hydrogens (tertiary/aromatic N) is 1. The first-order valence-corrected chi connectivity index (χ1v) is 12.6. The minimum atomic E-state index is -3.53. The molecule has 2 rings (SSSR count). The van der Waals surface area contributed by atoms with E-state index in [0.29, 0.717) is 19.5 Å². The second-order valence-corrected chi connectivity index (χ2v) is 9.53. The van der Waals surface area contributed by atoms with Crippen LogP contribution in [0.1, 0.15) is 44.7 Å². The van der Waals surface area contributed by atoms with E-state index in [2.05, 4.69) is 10.0 Å². The van der Waals surface area contributed by atoms with Crippen molar-refractivity contribution in [2.45, 2.75) is 57.5 Å². The van der Waals surface area contributed by atoms with Crippen LogP contribution in [0.15, 0.2) is 53.4 Å². The fourth-order valence-corrected chi connectivity index (χ4v) is 4.31. The van der Waals surface area contributed by atoms with Crippen molar-refractivity contribution in [1.82, 2.24) is 14.9 Å². The molecule has 2 aromatic carbocycles. The van der Waals surface area contributed by atoms with Gasteiger partial charge in [-0.05, 0) is 55.2 Å². The molecule has 2 amide bonds. The Balaban J connectivity index is 2.11. The van der Waals surface area contributed by atoms with Crippen LogP contribution >= 0.6 is 0 Å². The average molecular weight is 478 g/mol. The van der Waals surface area contributed by atoms with Gasteiger partial charge in [-0.3, -0.25) is 9.59 Å². The third-order valence-electron chi connectivity index (χ3n) is 5.18. The molecule has 180 valence electrons. The van der Waals surface area contributed by atoms with Crippen LogP contribution in [-0.2, 0) is 32.6 Å². The van der Waals surface area contributed by atoms with E-state index >= 15 is 0 Å². The van der Waals surface area contributed by atoms with Crippen LogP contribution in [0.25, 0.3) is 0 Å². The van der Waals surface area contributed by atoms with E-state index in [-0.39, 0.29) is 35.5 Å². The van der Waals surface area contributed by atoms with Crippen LogP contribution < -0.4 is 10.0 Å². The fourth-order valence-electron chi connectivity index (χ4n) is 3.27. The molecule has 0 bridgehead atoms. The Morgan fingerprint density at radius 3 is 2.18 bits per heavy atom. The van der Waals surface area contributed by atoms with Crippen LogP contribution in [0, 0.1) is 5.82 Å². The number of hydrogen-bond donors (Lipinski definition) is 2. The predicted octanol–water partition coefficient (Wildman–Crippen LogP) is 3.00. The van der Waals surface area contributed by atoms with E-state index in [9.17, 15) is 22.4 Å². The summed E-state index contributed by atoms with van der Waals surface area (Å²) in [5, 5.41) is 2.81. The summed E-state index contributed by atoms with van der Waals surface area (Å²) in [6, 6.07) is 11.5. The molecule has 0 heterocycles. The van der Waals surface area contributed by atoms with Crippen molar-refractivity contribution >= 4 is 21.8 Å². The molecule has 0 spiro atoms. The molecule has 2 aromatic rings. The predicted molar refractivity (Wildman–Crippen MR) is 125 cm³/mol. The van der Waals surface area contributed by atoms with E-state index in [1.807, 2.05) is 6.92 Å². The normalized spacial score (nSPS) is 12.2. The van der Waals surface area contributed by atoms with Crippen LogP contribution in [0.3, 0.4) is 0 Å². The van der Waals surface area contributed by atoms with Crippen molar-refractivity contribution in [3.8, 4) is 0 Å². The highest BCUT2D eigenvalue weighted by Gasteiger charge is 2.25. The monoisotopic (exact) mass is 477 g/mol. The van der Waals surface area contributed by atoms with Crippen LogP contribution in [0.4, 0.5) is 4.39 Å². The van der Waals surface area contributed by atoms with E-state index in [1.54, 1.807) is 38.1 Å². The van der Waals surface area contributed by atoms with Gasteiger partial charge in [0.1, 0.15) is 11.9 Å². The van der Waals surface area contributed by atoms with E-state index in [0.717, 1.165) is 17.5 Å². The minimum absolute atomic E-state index is 0.145. The molecule has 0 fully saturated rings. The Kier molecular flexibility index (Phi) is 9.99. The molecule has 9 heteroatoms. The molecule has 0 aliphatic rings. The molecule has 0 aromatic heterocycles. The highest BCUT2D eigenvalue weighted by molar-refractivity contribution is 7.89. The maximum atomic E-state index is 13.3. The number of nitrogens with one attached hydrogen (secondary N) is 2. The van der Waals surface area contributed by atoms with Gasteiger partial charge in [0.15, 0.2) is 0 Å². The third-order valence-corrected chi connectivity index (χ3v) is 6.74. The van der Waals surface area contributed by atoms with Crippen molar-refractivity contribution in [2.24, 2.45) is 0 Å². The molecular formula is C24H32FN3O4S. The Morgan fingerprint density at radius 1 is 1.00 bits per heavy atom. The zero-order valence-electron chi connectivity index (χ0n) is 19.3. The Hall–Kier alpha value is -2.78. The molecule has 7 nitrogen and oxygen atoms in total. The second-order valence-electron chi connectivity index (χ2n) is 7.76. The first-order valence-electron chi connectivity index (χ1n) is 11.1. The number of benzene rings is 2. The molecule has 0 saturated carbocycles. The Morgan fingerprint density at radius 2 is 1.61 bits per heavy atom. The van der Waals surface area contributed by atoms with Crippen LogP contribution in [-0.4, -0.2) is 44.3 Å². The van der Waals surface area contributed by atoms with Gasteiger partial charge in [0.2, 0.25) is 21.8 Å². The van der Waals surface area contributed by atoms with Gasteiger partial charge in [-0.1, -0.05) is 38.1 Å². The lowest BCUT2D eigenvalue weighted by molar-refractivity contribution is -0.140. The topological polar surface area (TPSA) is 95.6 Å². The van der Waals surface area contributed by atoms with Gasteiger partial charge in [-0.2, -0.15) is 0 Å². The highest BCUT2D eigenvalue weighted by Crippen LogP contribution is 2.15. The standard InChI is InChI=1S/C24H32FN3O4S/c1-4-16-26-24(30)18(3)28(17-20-6-11-21(25)12-7-20)23(29)15-10-19-8-13-22(14-9-19)33(31,32)27-5-2/h6-9,11-14,18,27H,4-5,10,15-17H2,1-3H3,(H,26,30). The largest absolute Gasteiger partial charge is 0.354 e. The van der Waals surface area contributed by atoms with Gasteiger partial charge in [-0.15, -0.1) is 0 Å². The van der Waals surface area contributed by atoms with Crippen molar-refractivity contribution in [3.63, 3.8) is 0 Å². The zero-order valence-corrected chi connectivity index (χ0v) is 20.1. The van der Waals surface area contributed by atoms with Gasteiger partial charge in [0, 0.05) is 26.1 Å². The second kappa shape index (κ2) is 12.5. The van der Waals surface area contributed by atoms with Gasteiger partial charge in [0.05, 0.1) is 4.90 Å². The molecule has 33 heavy (non-hydrogen) atoms. The lowest BCUT2D eigenvalue weighted by atomic mass is 10.1. The van der Waals surface area contributed by atoms with Gasteiger partial charge in [-0.25, -0.2) is 17.5 Å². The van der Waals surface area contributed by atoms with E-state index in [4.69, 9.17) is 0 Å². The number of halogens is 1. The summed E-state index contributed by atoms with van der Waals surface area (Å²) in [5.74, 6) is -0.835. The summed E-state index contributed by atoms with van der Waals surface area (Å²) in [6.07, 6.45) is 1.32. The van der Waals surface area contributed by atoms with Crippen molar-refractivity contribution in [1.29, 1.82) is 0 Å². The van der Waals surface area contributed by atoms with Gasteiger partial charge in [0.25, 0.3) is 0 Å². The van der Waals surface area contributed by atoms with Crippen molar-refractivity contribution in [2.75, 3.05) is 13.1 Å². The Labute approximate surface area is 195 Å². The maximum Gasteiger partial charge on any atom is 0.242 e. The molecule has 2 N–H and O–H groups in total. The summed E-state index contributed by atoms with van der Waals surface area (Å²) in [7, 11) is -3.53. The number of rotatable bonds is 12. The SMILES string of the molecule is CCCNC(=O)C(C)N(Cc1ccc(F)cc1)C(=O)CCc1ccc(S(=O)(=O)NCC)cc1. The zero-order chi connectivity index (χ0) is 24.4. The summed E-state index contributed by atoms with van der Waals surface area (Å²) >= 11 is 0. The van der Waals surface area contributed by atoms with Gasteiger partial charge >= 0.3 is 0 Å². The molecule has 0 radical (unpaired) electrons. The fraction of sp³-hybridized carbons (Fsp3) is 0.417. The first kappa shape index (κ1) is 26.5. The number of sulfonamides is 1. The first-order chi connectivity index (χ1) is 15.7. The van der Waals surface area contributed by atoms with Gasteiger partial charge < -0.3 is 10.2 Å². The van der Waals surface area contributed by atoms with Crippen molar-refractivity contribution < 1.29 is 22.4 Å². The van der Waals surface area contributed by atoms with E-state index in [1.165, 1.54) is 29.2 Å². The van der Waals surface area contributed by atoms with Crippen LogP contribution in [0.5, 0.6) is 0 Å². The third kappa shape index (κ3) is 7.94. The molecule has 1 atom stereocenters. The quantitative estimate of drug-likeness (QED) is 0.491. The smallest absolute Gasteiger partial charge is 0.242 e. The summed E-state index contributed by atoms with van der Waals surface area (Å²) in [4.78, 5) is 27.3. The van der Waals surface area contributed by atoms with Crippen molar-refractivity contribution in [3.05, 3.63) is 65.5 Å². The molecule has 0 aliphatic carbocycles. The number of hydrogen-bond acceptors (Lipinski definition) is 4. The van der Waals surface area contributed by atoms with Crippen LogP contribution in [0.2, 0.25) is 0 Å². The molecular weight excluding hydrogens is 445 g/mol. The lowest BCUT2D eigenvalue weighted by Crippen LogP contribution is -2.47. The average Bonchev–Trinajstić information content (AvgIpc) is 2.80. The summed E-state index contributed by atoms with van der Waals surface area (Å²) in [6.45, 7) is 6.32.